The van der Waals surface area contributed by atoms with E-state index in [-0.39, 0.29) is 16.2 Å². The first kappa shape index (κ1) is 18.7. The maximum Gasteiger partial charge on any atom is 0.339 e. The fourth-order valence-corrected chi connectivity index (χ4v) is 2.16. The fourth-order valence-electron chi connectivity index (χ4n) is 1.68. The summed E-state index contributed by atoms with van der Waals surface area (Å²) in [5.41, 5.74) is 0.981. The first-order valence-electron chi connectivity index (χ1n) is 6.71. The van der Waals surface area contributed by atoms with Gasteiger partial charge in [-0.25, -0.2) is 4.79 Å². The van der Waals surface area contributed by atoms with E-state index in [1.807, 2.05) is 13.8 Å². The lowest BCUT2D eigenvalue weighted by atomic mass is 10.0. The van der Waals surface area contributed by atoms with E-state index in [1.165, 1.54) is 24.3 Å². The van der Waals surface area contributed by atoms with Crippen molar-refractivity contribution in [3.8, 4) is 5.75 Å². The van der Waals surface area contributed by atoms with Crippen molar-refractivity contribution in [2.24, 2.45) is 0 Å². The molecule has 0 saturated heterocycles. The molecule has 0 bridgehead atoms. The number of carbonyl (C=O) groups is 1. The number of rotatable bonds is 3. The Morgan fingerprint density at radius 2 is 1.52 bits per heavy atom. The molecule has 23 heavy (non-hydrogen) atoms. The molecule has 0 saturated carbocycles. The van der Waals surface area contributed by atoms with Gasteiger partial charge < -0.3 is 10.2 Å². The van der Waals surface area contributed by atoms with E-state index in [9.17, 15) is 13.2 Å². The Bertz CT molecular complexity index is 763. The number of phenols is 1. The van der Waals surface area contributed by atoms with Gasteiger partial charge in [-0.2, -0.15) is 8.42 Å². The van der Waals surface area contributed by atoms with Gasteiger partial charge in [0.05, 0.1) is 4.90 Å². The van der Waals surface area contributed by atoms with Gasteiger partial charge in [-0.15, -0.1) is 0 Å². The predicted octanol–water partition coefficient (Wildman–Crippen LogP) is 3.15. The van der Waals surface area contributed by atoms with Crippen molar-refractivity contribution in [1.29, 1.82) is 0 Å². The highest BCUT2D eigenvalue weighted by atomic mass is 32.2. The van der Waals surface area contributed by atoms with E-state index < -0.39 is 16.1 Å². The number of carboxylic acid groups (broad SMARTS) is 1. The molecule has 0 aliphatic heterocycles. The molecule has 2 aromatic rings. The van der Waals surface area contributed by atoms with Gasteiger partial charge in [-0.1, -0.05) is 38.1 Å². The third-order valence-electron chi connectivity index (χ3n) is 2.98. The van der Waals surface area contributed by atoms with Crippen LogP contribution in [0.4, 0.5) is 0 Å². The van der Waals surface area contributed by atoms with Crippen LogP contribution in [-0.2, 0) is 10.1 Å². The van der Waals surface area contributed by atoms with Gasteiger partial charge in [0.1, 0.15) is 11.3 Å². The van der Waals surface area contributed by atoms with Crippen LogP contribution in [0.1, 0.15) is 35.7 Å². The van der Waals surface area contributed by atoms with Crippen molar-refractivity contribution in [2.75, 3.05) is 0 Å². The highest BCUT2D eigenvalue weighted by Gasteiger charge is 2.09. The monoisotopic (exact) mass is 338 g/mol. The summed E-state index contributed by atoms with van der Waals surface area (Å²) in [4.78, 5) is 10.2. The summed E-state index contributed by atoms with van der Waals surface area (Å²) in [5, 5.41) is 17.3. The van der Waals surface area contributed by atoms with Crippen molar-refractivity contribution in [2.45, 2.75) is 24.7 Å². The van der Waals surface area contributed by atoms with Crippen LogP contribution in [-0.4, -0.2) is 29.2 Å². The Hall–Kier alpha value is -2.38. The van der Waals surface area contributed by atoms with Crippen molar-refractivity contribution < 1.29 is 28.0 Å². The molecule has 0 spiro atoms. The standard InChI is InChI=1S/C9H12O3S.C7H6O3/c1-7(2)8-3-5-9(6-4-8)13(10,11)12;8-6-4-2-1-3-5(6)7(9)10/h3-7H,1-2H3,(H,10,11,12);1-4,8H,(H,9,10). The van der Waals surface area contributed by atoms with Gasteiger partial charge in [0.25, 0.3) is 10.1 Å². The van der Waals surface area contributed by atoms with Crippen LogP contribution in [0.25, 0.3) is 0 Å². The minimum atomic E-state index is -4.05. The number of para-hydroxylation sites is 1. The molecule has 0 aromatic heterocycles. The van der Waals surface area contributed by atoms with E-state index >= 15 is 0 Å². The van der Waals surface area contributed by atoms with Crippen LogP contribution in [0.2, 0.25) is 0 Å². The molecule has 0 aliphatic rings. The zero-order valence-electron chi connectivity index (χ0n) is 12.7. The van der Waals surface area contributed by atoms with E-state index in [2.05, 4.69) is 0 Å². The van der Waals surface area contributed by atoms with E-state index in [0.29, 0.717) is 5.92 Å². The Labute approximate surface area is 134 Å². The topological polar surface area (TPSA) is 112 Å². The van der Waals surface area contributed by atoms with Gasteiger partial charge in [0.15, 0.2) is 0 Å². The molecule has 2 rings (SSSR count). The first-order valence-corrected chi connectivity index (χ1v) is 8.15. The molecule has 0 unspecified atom stereocenters. The Morgan fingerprint density at radius 1 is 1.00 bits per heavy atom. The zero-order valence-corrected chi connectivity index (χ0v) is 13.5. The lowest BCUT2D eigenvalue weighted by Gasteiger charge is -2.04. The number of aromatic carboxylic acids is 1. The highest BCUT2D eigenvalue weighted by Crippen LogP contribution is 2.17. The molecule has 0 atom stereocenters. The minimum Gasteiger partial charge on any atom is -0.507 e. The fraction of sp³-hybridized carbons (Fsp3) is 0.188. The number of carboxylic acids is 1. The largest absolute Gasteiger partial charge is 0.507 e. The van der Waals surface area contributed by atoms with Crippen molar-refractivity contribution in [3.05, 3.63) is 59.7 Å². The molecule has 7 heteroatoms. The molecular formula is C16H18O6S. The summed E-state index contributed by atoms with van der Waals surface area (Å²) in [6.45, 7) is 4.03. The maximum absolute atomic E-state index is 10.7. The van der Waals surface area contributed by atoms with Gasteiger partial charge in [0, 0.05) is 0 Å². The maximum atomic E-state index is 10.7. The summed E-state index contributed by atoms with van der Waals surface area (Å²) >= 11 is 0. The van der Waals surface area contributed by atoms with E-state index in [4.69, 9.17) is 14.8 Å². The second-order valence-corrected chi connectivity index (χ2v) is 6.44. The molecule has 0 amide bonds. The number of hydrogen-bond donors (Lipinski definition) is 3. The molecule has 2 aromatic carbocycles. The van der Waals surface area contributed by atoms with E-state index in [1.54, 1.807) is 24.3 Å². The number of aromatic hydroxyl groups is 1. The lowest BCUT2D eigenvalue weighted by Crippen LogP contribution is -1.98. The second kappa shape index (κ2) is 7.75. The molecule has 0 fully saturated rings. The molecule has 0 heterocycles. The Kier molecular flexibility index (Phi) is 6.29. The third kappa shape index (κ3) is 5.72. The van der Waals surface area contributed by atoms with Crippen LogP contribution in [0.3, 0.4) is 0 Å². The van der Waals surface area contributed by atoms with Gasteiger partial charge in [0.2, 0.25) is 0 Å². The molecule has 0 radical (unpaired) electrons. The van der Waals surface area contributed by atoms with Crippen molar-refractivity contribution in [3.63, 3.8) is 0 Å². The average Bonchev–Trinajstić information content (AvgIpc) is 2.47. The summed E-state index contributed by atoms with van der Waals surface area (Å²) < 4.78 is 30.0. The van der Waals surface area contributed by atoms with Crippen LogP contribution >= 0.6 is 0 Å². The van der Waals surface area contributed by atoms with Crippen molar-refractivity contribution >= 4 is 16.1 Å². The van der Waals surface area contributed by atoms with Gasteiger partial charge in [-0.3, -0.25) is 4.55 Å². The molecule has 6 nitrogen and oxygen atoms in total. The van der Waals surface area contributed by atoms with E-state index in [0.717, 1.165) is 5.56 Å². The van der Waals surface area contributed by atoms with Gasteiger partial charge >= 0.3 is 5.97 Å². The average molecular weight is 338 g/mol. The Morgan fingerprint density at radius 3 is 1.87 bits per heavy atom. The van der Waals surface area contributed by atoms with Gasteiger partial charge in [-0.05, 0) is 35.7 Å². The van der Waals surface area contributed by atoms with Crippen LogP contribution in [0.15, 0.2) is 53.4 Å². The predicted molar refractivity (Wildman–Crippen MR) is 85.4 cm³/mol. The zero-order chi connectivity index (χ0) is 17.6. The lowest BCUT2D eigenvalue weighted by molar-refractivity contribution is 0.0693. The van der Waals surface area contributed by atoms with Crippen LogP contribution in [0, 0.1) is 0 Å². The molecular weight excluding hydrogens is 320 g/mol. The van der Waals surface area contributed by atoms with Crippen LogP contribution in [0.5, 0.6) is 5.75 Å². The molecule has 0 aliphatic carbocycles. The normalized spacial score (nSPS) is 10.8. The third-order valence-corrected chi connectivity index (χ3v) is 3.85. The summed E-state index contributed by atoms with van der Waals surface area (Å²) in [6, 6.07) is 12.0. The van der Waals surface area contributed by atoms with Crippen molar-refractivity contribution in [1.82, 2.24) is 0 Å². The number of benzene rings is 2. The quantitative estimate of drug-likeness (QED) is 0.741. The summed E-state index contributed by atoms with van der Waals surface area (Å²) in [6.07, 6.45) is 0. The number of hydrogen-bond acceptors (Lipinski definition) is 4. The summed E-state index contributed by atoms with van der Waals surface area (Å²) in [7, 11) is -4.05. The Balaban J connectivity index is 0.000000238. The highest BCUT2D eigenvalue weighted by molar-refractivity contribution is 7.85. The summed E-state index contributed by atoms with van der Waals surface area (Å²) in [5.74, 6) is -0.955. The second-order valence-electron chi connectivity index (χ2n) is 5.02. The SMILES string of the molecule is CC(C)c1ccc(S(=O)(=O)O)cc1.O=C(O)c1ccccc1O. The first-order chi connectivity index (χ1) is 10.6. The molecule has 3 N–H and O–H groups in total. The smallest absolute Gasteiger partial charge is 0.339 e. The molecule has 124 valence electrons. The van der Waals surface area contributed by atoms with Crippen LogP contribution < -0.4 is 0 Å². The minimum absolute atomic E-state index is 0.0584.